The van der Waals surface area contributed by atoms with Crippen LogP contribution >= 0.6 is 0 Å². The Labute approximate surface area is 179 Å². The number of aromatic nitrogens is 1. The number of ether oxygens (including phenoxy) is 1. The van der Waals surface area contributed by atoms with E-state index in [1.807, 2.05) is 30.3 Å². The van der Waals surface area contributed by atoms with Gasteiger partial charge < -0.3 is 19.8 Å². The van der Waals surface area contributed by atoms with Crippen molar-refractivity contribution in [2.24, 2.45) is 0 Å². The first-order valence-electron chi connectivity index (χ1n) is 10.5. The van der Waals surface area contributed by atoms with Crippen molar-refractivity contribution in [2.75, 3.05) is 12.4 Å². The van der Waals surface area contributed by atoms with Gasteiger partial charge >= 0.3 is 0 Å². The summed E-state index contributed by atoms with van der Waals surface area (Å²) in [6.45, 7) is 0. The molecule has 7 heteroatoms. The third-order valence-electron chi connectivity index (χ3n) is 5.47. The maximum absolute atomic E-state index is 13.2. The number of carbonyl (C=O) groups excluding carboxylic acids is 2. The molecule has 7 nitrogen and oxygen atoms in total. The smallest absolute Gasteiger partial charge is 0.277 e. The van der Waals surface area contributed by atoms with Crippen LogP contribution in [-0.4, -0.2) is 29.9 Å². The number of oxazole rings is 1. The lowest BCUT2D eigenvalue weighted by atomic mass is 10.1. The summed E-state index contributed by atoms with van der Waals surface area (Å²) in [5.74, 6) is 1.16. The normalized spacial score (nSPS) is 15.4. The fourth-order valence-corrected chi connectivity index (χ4v) is 3.44. The molecule has 0 radical (unpaired) electrons. The number of methoxy groups -OCH3 is 1. The van der Waals surface area contributed by atoms with Gasteiger partial charge in [0.1, 0.15) is 11.5 Å². The van der Waals surface area contributed by atoms with E-state index in [0.717, 1.165) is 31.2 Å². The van der Waals surface area contributed by atoms with Crippen LogP contribution in [0.25, 0.3) is 11.5 Å². The average molecular weight is 417 g/mol. The summed E-state index contributed by atoms with van der Waals surface area (Å²) < 4.78 is 11.2. The zero-order chi connectivity index (χ0) is 21.4. The topological polar surface area (TPSA) is 93.5 Å². The molecular weight excluding hydrogens is 394 g/mol. The molecule has 5 rings (SSSR count). The second-order valence-electron chi connectivity index (χ2n) is 7.99. The van der Waals surface area contributed by atoms with Crippen molar-refractivity contribution in [3.8, 4) is 17.2 Å². The summed E-state index contributed by atoms with van der Waals surface area (Å²) >= 11 is 0. The minimum absolute atomic E-state index is 0.202. The molecular formula is C24H23N3O4. The lowest BCUT2D eigenvalue weighted by Gasteiger charge is -2.12. The molecule has 0 atom stereocenters. The Bertz CT molecular complexity index is 1130. The molecule has 2 saturated carbocycles. The molecule has 0 bridgehead atoms. The molecule has 2 aromatic carbocycles. The third kappa shape index (κ3) is 4.17. The second-order valence-corrected chi connectivity index (χ2v) is 7.99. The lowest BCUT2D eigenvalue weighted by molar-refractivity contribution is 0.0951. The Morgan fingerprint density at radius 3 is 2.48 bits per heavy atom. The Hall–Kier alpha value is -3.61. The van der Waals surface area contributed by atoms with E-state index in [0.29, 0.717) is 28.7 Å². The van der Waals surface area contributed by atoms with Crippen LogP contribution in [0.2, 0.25) is 0 Å². The summed E-state index contributed by atoms with van der Waals surface area (Å²) in [7, 11) is 1.54. The largest absolute Gasteiger partial charge is 0.497 e. The molecule has 2 fully saturated rings. The highest BCUT2D eigenvalue weighted by Gasteiger charge is 2.34. The van der Waals surface area contributed by atoms with E-state index < -0.39 is 5.91 Å². The van der Waals surface area contributed by atoms with Gasteiger partial charge in [0.15, 0.2) is 5.69 Å². The molecule has 0 unspecified atom stereocenters. The molecule has 2 amide bonds. The molecule has 158 valence electrons. The van der Waals surface area contributed by atoms with Crippen LogP contribution in [0.4, 0.5) is 5.69 Å². The molecule has 2 aliphatic rings. The first kappa shape index (κ1) is 19.4. The van der Waals surface area contributed by atoms with Crippen molar-refractivity contribution in [1.29, 1.82) is 0 Å². The van der Waals surface area contributed by atoms with E-state index in [1.54, 1.807) is 25.3 Å². The Morgan fingerprint density at radius 2 is 1.81 bits per heavy atom. The summed E-state index contributed by atoms with van der Waals surface area (Å²) in [6, 6.07) is 14.7. The Balaban J connectivity index is 1.45. The molecule has 2 aliphatic carbocycles. The van der Waals surface area contributed by atoms with Gasteiger partial charge in [0.05, 0.1) is 18.4 Å². The van der Waals surface area contributed by atoms with Crippen LogP contribution in [-0.2, 0) is 0 Å². The van der Waals surface area contributed by atoms with Crippen molar-refractivity contribution < 1.29 is 18.7 Å². The molecule has 0 spiro atoms. The van der Waals surface area contributed by atoms with Crippen LogP contribution in [0.3, 0.4) is 0 Å². The highest BCUT2D eigenvalue weighted by Crippen LogP contribution is 2.43. The van der Waals surface area contributed by atoms with E-state index in [9.17, 15) is 9.59 Å². The summed E-state index contributed by atoms with van der Waals surface area (Å²) in [6.07, 6.45) is 3.90. The molecule has 0 saturated heterocycles. The number of hydrogen-bond acceptors (Lipinski definition) is 5. The van der Waals surface area contributed by atoms with Gasteiger partial charge in [0, 0.05) is 17.5 Å². The number of anilines is 1. The zero-order valence-electron chi connectivity index (χ0n) is 17.2. The predicted octanol–water partition coefficient (Wildman–Crippen LogP) is 4.37. The van der Waals surface area contributed by atoms with Gasteiger partial charge in [-0.2, -0.15) is 0 Å². The Kier molecular flexibility index (Phi) is 4.94. The Morgan fingerprint density at radius 1 is 1.03 bits per heavy atom. The summed E-state index contributed by atoms with van der Waals surface area (Å²) in [5, 5.41) is 5.82. The van der Waals surface area contributed by atoms with E-state index in [4.69, 9.17) is 9.15 Å². The van der Waals surface area contributed by atoms with Gasteiger partial charge in [-0.05, 0) is 56.0 Å². The van der Waals surface area contributed by atoms with Crippen molar-refractivity contribution in [2.45, 2.75) is 37.6 Å². The molecule has 1 heterocycles. The highest BCUT2D eigenvalue weighted by molar-refractivity contribution is 6.09. The number of rotatable bonds is 7. The fourth-order valence-electron chi connectivity index (χ4n) is 3.44. The second kappa shape index (κ2) is 7.91. The fraction of sp³-hybridized carbons (Fsp3) is 0.292. The number of nitrogens with zero attached hydrogens (tertiary/aromatic N) is 1. The predicted molar refractivity (Wildman–Crippen MR) is 115 cm³/mol. The van der Waals surface area contributed by atoms with Gasteiger partial charge in [-0.15, -0.1) is 0 Å². The van der Waals surface area contributed by atoms with Crippen molar-refractivity contribution >= 4 is 17.5 Å². The summed E-state index contributed by atoms with van der Waals surface area (Å²) in [5.41, 5.74) is 1.86. The molecule has 2 N–H and O–H groups in total. The number of carbonyl (C=O) groups is 2. The molecule has 1 aromatic heterocycles. The molecule has 31 heavy (non-hydrogen) atoms. The standard InChI is InChI=1S/C24H23N3O4/c1-30-17-11-12-19(18(13-17)22(28)25-16-9-10-16)26-23(29)20-21(14-7-8-14)31-24(27-20)15-5-3-2-4-6-15/h2-6,11-14,16H,7-10H2,1H3,(H,25,28)(H,26,29). The highest BCUT2D eigenvalue weighted by atomic mass is 16.5. The van der Waals surface area contributed by atoms with Gasteiger partial charge in [-0.25, -0.2) is 4.98 Å². The average Bonchev–Trinajstić information content (AvgIpc) is 3.74. The van der Waals surface area contributed by atoms with E-state index in [1.165, 1.54) is 0 Å². The SMILES string of the molecule is COc1ccc(NC(=O)c2nc(-c3ccccc3)oc2C2CC2)c(C(=O)NC2CC2)c1. The monoisotopic (exact) mass is 417 g/mol. The first-order valence-corrected chi connectivity index (χ1v) is 10.5. The van der Waals surface area contributed by atoms with Crippen LogP contribution in [0, 0.1) is 0 Å². The van der Waals surface area contributed by atoms with Crippen molar-refractivity contribution in [3.63, 3.8) is 0 Å². The third-order valence-corrected chi connectivity index (χ3v) is 5.47. The quantitative estimate of drug-likeness (QED) is 0.595. The molecule has 0 aliphatic heterocycles. The number of amides is 2. The van der Waals surface area contributed by atoms with Crippen molar-refractivity contribution in [1.82, 2.24) is 10.3 Å². The van der Waals surface area contributed by atoms with Gasteiger partial charge in [-0.1, -0.05) is 18.2 Å². The number of nitrogens with one attached hydrogen (secondary N) is 2. The van der Waals surface area contributed by atoms with Crippen LogP contribution < -0.4 is 15.4 Å². The number of hydrogen-bond donors (Lipinski definition) is 2. The first-order chi connectivity index (χ1) is 15.1. The minimum atomic E-state index is -0.390. The molecule has 3 aromatic rings. The summed E-state index contributed by atoms with van der Waals surface area (Å²) in [4.78, 5) is 30.4. The minimum Gasteiger partial charge on any atom is -0.497 e. The van der Waals surface area contributed by atoms with E-state index in [-0.39, 0.29) is 23.6 Å². The zero-order valence-corrected chi connectivity index (χ0v) is 17.2. The van der Waals surface area contributed by atoms with Gasteiger partial charge in [-0.3, -0.25) is 9.59 Å². The number of benzene rings is 2. The van der Waals surface area contributed by atoms with Crippen molar-refractivity contribution in [3.05, 3.63) is 65.5 Å². The van der Waals surface area contributed by atoms with Crippen LogP contribution in [0.1, 0.15) is 58.2 Å². The van der Waals surface area contributed by atoms with Gasteiger partial charge in [0.2, 0.25) is 5.89 Å². The van der Waals surface area contributed by atoms with E-state index in [2.05, 4.69) is 15.6 Å². The van der Waals surface area contributed by atoms with E-state index >= 15 is 0 Å². The van der Waals surface area contributed by atoms with Crippen LogP contribution in [0.15, 0.2) is 52.9 Å². The maximum Gasteiger partial charge on any atom is 0.277 e. The van der Waals surface area contributed by atoms with Crippen LogP contribution in [0.5, 0.6) is 5.75 Å². The van der Waals surface area contributed by atoms with Gasteiger partial charge in [0.25, 0.3) is 11.8 Å². The lowest BCUT2D eigenvalue weighted by Crippen LogP contribution is -2.27. The maximum atomic E-state index is 13.2.